The number of aromatic nitrogens is 2. The number of aryl methyl sites for hydroxylation is 2. The Labute approximate surface area is 118 Å². The molecule has 0 spiro atoms. The molecule has 1 fully saturated rings. The van der Waals surface area contributed by atoms with E-state index in [4.69, 9.17) is 4.74 Å². The molecule has 0 aliphatic carbocycles. The third kappa shape index (κ3) is 2.70. The van der Waals surface area contributed by atoms with Crippen molar-refractivity contribution in [1.29, 1.82) is 0 Å². The molecule has 1 aliphatic heterocycles. The number of benzene rings is 1. The Kier molecular flexibility index (Phi) is 3.74. The average Bonchev–Trinajstić information content (AvgIpc) is 3.08. The van der Waals surface area contributed by atoms with Gasteiger partial charge in [0.15, 0.2) is 0 Å². The lowest BCUT2D eigenvalue weighted by Gasteiger charge is -2.07. The van der Waals surface area contributed by atoms with Crippen LogP contribution in [0.5, 0.6) is 0 Å². The van der Waals surface area contributed by atoms with Crippen molar-refractivity contribution in [2.24, 2.45) is 5.92 Å². The topological polar surface area (TPSA) is 36.2 Å². The molecule has 0 bridgehead atoms. The standard InChI is InChI=1S/C16H20N2O2/c1-13-2-4-15(5-3-13)18-10-9-17(16(18)19)8-6-14-7-11-20-12-14/h2-5,9-10,14H,6-8,11-12H2,1H3. The fourth-order valence-electron chi connectivity index (χ4n) is 2.62. The van der Waals surface area contributed by atoms with Gasteiger partial charge in [0.2, 0.25) is 0 Å². The lowest BCUT2D eigenvalue weighted by Crippen LogP contribution is -2.23. The van der Waals surface area contributed by atoms with Crippen LogP contribution < -0.4 is 5.69 Å². The molecule has 106 valence electrons. The maximum Gasteiger partial charge on any atom is 0.332 e. The van der Waals surface area contributed by atoms with Gasteiger partial charge in [0.25, 0.3) is 0 Å². The van der Waals surface area contributed by atoms with Crippen molar-refractivity contribution in [3.63, 3.8) is 0 Å². The smallest absolute Gasteiger partial charge is 0.332 e. The van der Waals surface area contributed by atoms with Crippen LogP contribution in [-0.2, 0) is 11.3 Å². The SMILES string of the molecule is Cc1ccc(-n2ccn(CCC3CCOC3)c2=O)cc1. The van der Waals surface area contributed by atoms with E-state index in [1.54, 1.807) is 9.13 Å². The normalized spacial score (nSPS) is 18.6. The molecule has 20 heavy (non-hydrogen) atoms. The minimum absolute atomic E-state index is 0.0350. The van der Waals surface area contributed by atoms with Crippen LogP contribution in [0.2, 0.25) is 0 Å². The van der Waals surface area contributed by atoms with Crippen molar-refractivity contribution in [3.8, 4) is 5.69 Å². The summed E-state index contributed by atoms with van der Waals surface area (Å²) < 4.78 is 8.86. The minimum atomic E-state index is 0.0350. The summed E-state index contributed by atoms with van der Waals surface area (Å²) in [7, 11) is 0. The first-order valence-electron chi connectivity index (χ1n) is 7.16. The third-order valence-corrected chi connectivity index (χ3v) is 3.96. The summed E-state index contributed by atoms with van der Waals surface area (Å²) in [6, 6.07) is 8.00. The number of imidazole rings is 1. The molecule has 3 rings (SSSR count). The molecule has 1 unspecified atom stereocenters. The Morgan fingerprint density at radius 1 is 1.25 bits per heavy atom. The van der Waals surface area contributed by atoms with E-state index in [1.165, 1.54) is 5.56 Å². The first kappa shape index (κ1) is 13.2. The number of rotatable bonds is 4. The average molecular weight is 272 g/mol. The maximum absolute atomic E-state index is 12.4. The van der Waals surface area contributed by atoms with E-state index in [9.17, 15) is 4.79 Å². The van der Waals surface area contributed by atoms with Crippen molar-refractivity contribution in [1.82, 2.24) is 9.13 Å². The molecule has 0 amide bonds. The number of nitrogens with zero attached hydrogens (tertiary/aromatic N) is 2. The van der Waals surface area contributed by atoms with E-state index in [1.807, 2.05) is 43.6 Å². The van der Waals surface area contributed by atoms with Gasteiger partial charge in [0, 0.05) is 32.2 Å². The monoisotopic (exact) mass is 272 g/mol. The Morgan fingerprint density at radius 2 is 2.05 bits per heavy atom. The molecule has 1 atom stereocenters. The van der Waals surface area contributed by atoms with E-state index in [2.05, 4.69) is 0 Å². The lowest BCUT2D eigenvalue weighted by molar-refractivity contribution is 0.183. The molecular weight excluding hydrogens is 252 g/mol. The Balaban J connectivity index is 1.74. The number of hydrogen-bond donors (Lipinski definition) is 0. The van der Waals surface area contributed by atoms with Crippen LogP contribution in [0.25, 0.3) is 5.69 Å². The van der Waals surface area contributed by atoms with E-state index in [0.717, 1.165) is 38.3 Å². The van der Waals surface area contributed by atoms with Gasteiger partial charge < -0.3 is 4.74 Å². The first-order valence-corrected chi connectivity index (χ1v) is 7.16. The van der Waals surface area contributed by atoms with Crippen LogP contribution >= 0.6 is 0 Å². The highest BCUT2D eigenvalue weighted by atomic mass is 16.5. The molecule has 4 nitrogen and oxygen atoms in total. The number of ether oxygens (including phenoxy) is 1. The van der Waals surface area contributed by atoms with Crippen LogP contribution in [0.1, 0.15) is 18.4 Å². The van der Waals surface area contributed by atoms with Crippen LogP contribution in [0.15, 0.2) is 41.5 Å². The van der Waals surface area contributed by atoms with E-state index in [0.29, 0.717) is 5.92 Å². The zero-order valence-electron chi connectivity index (χ0n) is 11.8. The first-order chi connectivity index (χ1) is 9.74. The van der Waals surface area contributed by atoms with Crippen molar-refractivity contribution in [3.05, 3.63) is 52.7 Å². The second-order valence-electron chi connectivity index (χ2n) is 5.50. The molecule has 1 saturated heterocycles. The molecule has 0 saturated carbocycles. The highest BCUT2D eigenvalue weighted by Crippen LogP contribution is 2.16. The number of hydrogen-bond acceptors (Lipinski definition) is 2. The zero-order chi connectivity index (χ0) is 13.9. The van der Waals surface area contributed by atoms with Crippen LogP contribution in [-0.4, -0.2) is 22.3 Å². The lowest BCUT2D eigenvalue weighted by atomic mass is 10.1. The molecule has 4 heteroatoms. The molecule has 1 aromatic carbocycles. The predicted molar refractivity (Wildman–Crippen MR) is 78.3 cm³/mol. The summed E-state index contributed by atoms with van der Waals surface area (Å²) in [5.41, 5.74) is 2.15. The fourth-order valence-corrected chi connectivity index (χ4v) is 2.62. The molecule has 2 heterocycles. The molecule has 0 radical (unpaired) electrons. The minimum Gasteiger partial charge on any atom is -0.381 e. The van der Waals surface area contributed by atoms with E-state index < -0.39 is 0 Å². The van der Waals surface area contributed by atoms with Gasteiger partial charge in [-0.15, -0.1) is 0 Å². The van der Waals surface area contributed by atoms with E-state index in [-0.39, 0.29) is 5.69 Å². The van der Waals surface area contributed by atoms with Gasteiger partial charge in [-0.3, -0.25) is 9.13 Å². The Hall–Kier alpha value is -1.81. The summed E-state index contributed by atoms with van der Waals surface area (Å²) in [6.45, 7) is 4.52. The predicted octanol–water partition coefficient (Wildman–Crippen LogP) is 2.37. The van der Waals surface area contributed by atoms with Crippen LogP contribution in [0.4, 0.5) is 0 Å². The van der Waals surface area contributed by atoms with Gasteiger partial charge in [-0.05, 0) is 37.8 Å². The van der Waals surface area contributed by atoms with Crippen LogP contribution in [0, 0.1) is 12.8 Å². The molecule has 0 N–H and O–H groups in total. The van der Waals surface area contributed by atoms with Gasteiger partial charge in [-0.1, -0.05) is 17.7 Å². The summed E-state index contributed by atoms with van der Waals surface area (Å²) in [6.07, 6.45) is 5.85. The van der Waals surface area contributed by atoms with E-state index >= 15 is 0 Å². The Morgan fingerprint density at radius 3 is 2.75 bits per heavy atom. The van der Waals surface area contributed by atoms with Gasteiger partial charge in [-0.25, -0.2) is 4.79 Å². The van der Waals surface area contributed by atoms with Gasteiger partial charge in [0.05, 0.1) is 5.69 Å². The molecule has 2 aromatic rings. The molecule has 1 aromatic heterocycles. The van der Waals surface area contributed by atoms with Gasteiger partial charge >= 0.3 is 5.69 Å². The molecular formula is C16H20N2O2. The quantitative estimate of drug-likeness (QED) is 0.856. The summed E-state index contributed by atoms with van der Waals surface area (Å²) in [5.74, 6) is 0.602. The third-order valence-electron chi connectivity index (χ3n) is 3.96. The van der Waals surface area contributed by atoms with Crippen molar-refractivity contribution in [2.45, 2.75) is 26.3 Å². The summed E-state index contributed by atoms with van der Waals surface area (Å²) >= 11 is 0. The largest absolute Gasteiger partial charge is 0.381 e. The van der Waals surface area contributed by atoms with Crippen molar-refractivity contribution >= 4 is 0 Å². The maximum atomic E-state index is 12.4. The second kappa shape index (κ2) is 5.67. The summed E-state index contributed by atoms with van der Waals surface area (Å²) in [4.78, 5) is 12.4. The van der Waals surface area contributed by atoms with Gasteiger partial charge in [-0.2, -0.15) is 0 Å². The summed E-state index contributed by atoms with van der Waals surface area (Å²) in [5, 5.41) is 0. The van der Waals surface area contributed by atoms with Crippen molar-refractivity contribution < 1.29 is 4.74 Å². The van der Waals surface area contributed by atoms with Gasteiger partial charge in [0.1, 0.15) is 0 Å². The zero-order valence-corrected chi connectivity index (χ0v) is 11.8. The Bertz CT molecular complexity index is 619. The highest BCUT2D eigenvalue weighted by molar-refractivity contribution is 5.34. The fraction of sp³-hybridized carbons (Fsp3) is 0.438. The van der Waals surface area contributed by atoms with Crippen molar-refractivity contribution in [2.75, 3.05) is 13.2 Å². The highest BCUT2D eigenvalue weighted by Gasteiger charge is 2.16. The molecule has 1 aliphatic rings. The van der Waals surface area contributed by atoms with Crippen LogP contribution in [0.3, 0.4) is 0 Å². The second-order valence-corrected chi connectivity index (χ2v) is 5.50.